The third-order valence-corrected chi connectivity index (χ3v) is 2.15. The zero-order valence-electron chi connectivity index (χ0n) is 10.4. The Morgan fingerprint density at radius 2 is 1.88 bits per heavy atom. The highest BCUT2D eigenvalue weighted by Crippen LogP contribution is 2.17. The van der Waals surface area contributed by atoms with Crippen LogP contribution in [0.4, 0.5) is 0 Å². The molecule has 0 aliphatic carbocycles. The molecule has 0 fully saturated rings. The fourth-order valence-electron chi connectivity index (χ4n) is 1.52. The van der Waals surface area contributed by atoms with Crippen molar-refractivity contribution in [2.75, 3.05) is 0 Å². The van der Waals surface area contributed by atoms with Crippen molar-refractivity contribution in [3.8, 4) is 0 Å². The monoisotopic (exact) mass is 234 g/mol. The SMILES string of the molecule is CC(C)(C)OC(=O)c1cc2ccccc2[nH]1.N. The highest BCUT2D eigenvalue weighted by atomic mass is 16.6. The lowest BCUT2D eigenvalue weighted by molar-refractivity contribution is 0.00639. The predicted octanol–water partition coefficient (Wildman–Crippen LogP) is 3.29. The predicted molar refractivity (Wildman–Crippen MR) is 68.5 cm³/mol. The molecule has 2 aromatic rings. The maximum atomic E-state index is 11.8. The van der Waals surface area contributed by atoms with Crippen LogP contribution in [-0.4, -0.2) is 16.6 Å². The Kier molecular flexibility index (Phi) is 3.58. The molecule has 0 amide bonds. The first-order chi connectivity index (χ1) is 7.46. The third kappa shape index (κ3) is 3.07. The highest BCUT2D eigenvalue weighted by Gasteiger charge is 2.19. The second-order valence-corrected chi connectivity index (χ2v) is 4.77. The lowest BCUT2D eigenvalue weighted by atomic mass is 10.2. The molecule has 2 rings (SSSR count). The van der Waals surface area contributed by atoms with Crippen LogP contribution in [0.1, 0.15) is 31.3 Å². The van der Waals surface area contributed by atoms with E-state index in [0.29, 0.717) is 5.69 Å². The molecule has 4 N–H and O–H groups in total. The van der Waals surface area contributed by atoms with Gasteiger partial charge in [-0.15, -0.1) is 0 Å². The Bertz CT molecular complexity index is 490. The number of hydrogen-bond donors (Lipinski definition) is 2. The number of H-pyrrole nitrogens is 1. The first kappa shape index (κ1) is 13.3. The highest BCUT2D eigenvalue weighted by molar-refractivity contribution is 5.94. The molecule has 0 atom stereocenters. The van der Waals surface area contributed by atoms with Crippen LogP contribution in [-0.2, 0) is 4.74 Å². The summed E-state index contributed by atoms with van der Waals surface area (Å²) in [7, 11) is 0. The number of aromatic amines is 1. The Labute approximate surface area is 101 Å². The summed E-state index contributed by atoms with van der Waals surface area (Å²) in [5.74, 6) is -0.316. The summed E-state index contributed by atoms with van der Waals surface area (Å²) < 4.78 is 5.28. The number of esters is 1. The van der Waals surface area contributed by atoms with E-state index in [0.717, 1.165) is 10.9 Å². The average molecular weight is 234 g/mol. The molecular weight excluding hydrogens is 216 g/mol. The summed E-state index contributed by atoms with van der Waals surface area (Å²) in [5.41, 5.74) is 0.980. The van der Waals surface area contributed by atoms with Gasteiger partial charge in [-0.3, -0.25) is 0 Å². The van der Waals surface area contributed by atoms with Gasteiger partial charge < -0.3 is 15.9 Å². The summed E-state index contributed by atoms with van der Waals surface area (Å²) in [6.45, 7) is 5.56. The van der Waals surface area contributed by atoms with Gasteiger partial charge in [-0.25, -0.2) is 4.79 Å². The summed E-state index contributed by atoms with van der Waals surface area (Å²) in [6.07, 6.45) is 0. The third-order valence-electron chi connectivity index (χ3n) is 2.15. The molecule has 0 aliphatic heterocycles. The van der Waals surface area contributed by atoms with Crippen molar-refractivity contribution >= 4 is 16.9 Å². The normalized spacial score (nSPS) is 11.0. The average Bonchev–Trinajstić information content (AvgIpc) is 2.58. The van der Waals surface area contributed by atoms with Gasteiger partial charge in [-0.05, 0) is 32.9 Å². The minimum atomic E-state index is -0.464. The molecule has 4 heteroatoms. The number of ether oxygens (including phenoxy) is 1. The summed E-state index contributed by atoms with van der Waals surface area (Å²) in [4.78, 5) is 14.8. The first-order valence-corrected chi connectivity index (χ1v) is 5.27. The number of aromatic nitrogens is 1. The van der Waals surface area contributed by atoms with Gasteiger partial charge in [0.15, 0.2) is 0 Å². The standard InChI is InChI=1S/C13H15NO2.H3N/c1-13(2,3)16-12(15)11-8-9-6-4-5-7-10(9)14-11;/h4-8,14H,1-3H3;1H3. The van der Waals surface area contributed by atoms with E-state index in [1.807, 2.05) is 51.1 Å². The maximum Gasteiger partial charge on any atom is 0.355 e. The van der Waals surface area contributed by atoms with Crippen LogP contribution in [0, 0.1) is 0 Å². The zero-order chi connectivity index (χ0) is 11.8. The van der Waals surface area contributed by atoms with E-state index in [9.17, 15) is 4.79 Å². The molecule has 1 heterocycles. The Morgan fingerprint density at radius 1 is 1.24 bits per heavy atom. The van der Waals surface area contributed by atoms with Gasteiger partial charge in [-0.1, -0.05) is 18.2 Å². The Balaban J connectivity index is 0.00000144. The van der Waals surface area contributed by atoms with Gasteiger partial charge in [-0.2, -0.15) is 0 Å². The van der Waals surface area contributed by atoms with Crippen LogP contribution < -0.4 is 6.15 Å². The number of benzene rings is 1. The fourth-order valence-corrected chi connectivity index (χ4v) is 1.52. The van der Waals surface area contributed by atoms with Gasteiger partial charge in [0.05, 0.1) is 0 Å². The molecule has 1 aromatic heterocycles. The lowest BCUT2D eigenvalue weighted by Gasteiger charge is -2.18. The number of hydrogen-bond acceptors (Lipinski definition) is 3. The van der Waals surface area contributed by atoms with Crippen molar-refractivity contribution in [2.24, 2.45) is 0 Å². The van der Waals surface area contributed by atoms with E-state index in [4.69, 9.17) is 4.74 Å². The molecule has 0 bridgehead atoms. The van der Waals surface area contributed by atoms with Crippen molar-refractivity contribution < 1.29 is 9.53 Å². The van der Waals surface area contributed by atoms with Gasteiger partial charge in [0.1, 0.15) is 11.3 Å². The van der Waals surface area contributed by atoms with Crippen LogP contribution >= 0.6 is 0 Å². The zero-order valence-corrected chi connectivity index (χ0v) is 10.4. The van der Waals surface area contributed by atoms with E-state index in [1.165, 1.54) is 0 Å². The number of para-hydroxylation sites is 1. The fraction of sp³-hybridized carbons (Fsp3) is 0.308. The second kappa shape index (κ2) is 4.59. The molecule has 0 saturated heterocycles. The van der Waals surface area contributed by atoms with Crippen LogP contribution in [0.25, 0.3) is 10.9 Å². The number of carbonyl (C=O) groups excluding carboxylic acids is 1. The summed E-state index contributed by atoms with van der Waals surface area (Å²) in [5, 5.41) is 1.02. The topological polar surface area (TPSA) is 77.1 Å². The lowest BCUT2D eigenvalue weighted by Crippen LogP contribution is -2.24. The Morgan fingerprint density at radius 3 is 2.47 bits per heavy atom. The molecule has 0 spiro atoms. The molecule has 17 heavy (non-hydrogen) atoms. The van der Waals surface area contributed by atoms with E-state index in [-0.39, 0.29) is 12.1 Å². The van der Waals surface area contributed by atoms with Crippen molar-refractivity contribution in [2.45, 2.75) is 26.4 Å². The number of nitrogens with one attached hydrogen (secondary N) is 1. The number of fused-ring (bicyclic) bond motifs is 1. The number of rotatable bonds is 1. The van der Waals surface area contributed by atoms with E-state index < -0.39 is 5.60 Å². The van der Waals surface area contributed by atoms with Crippen molar-refractivity contribution in [3.63, 3.8) is 0 Å². The van der Waals surface area contributed by atoms with Gasteiger partial charge in [0.25, 0.3) is 0 Å². The summed E-state index contributed by atoms with van der Waals surface area (Å²) >= 11 is 0. The van der Waals surface area contributed by atoms with E-state index >= 15 is 0 Å². The minimum absolute atomic E-state index is 0. The molecule has 0 unspecified atom stereocenters. The Hall–Kier alpha value is -1.81. The largest absolute Gasteiger partial charge is 0.455 e. The van der Waals surface area contributed by atoms with E-state index in [2.05, 4.69) is 4.98 Å². The molecule has 0 saturated carbocycles. The van der Waals surface area contributed by atoms with Crippen LogP contribution in [0.5, 0.6) is 0 Å². The van der Waals surface area contributed by atoms with Crippen molar-refractivity contribution in [3.05, 3.63) is 36.0 Å². The second-order valence-electron chi connectivity index (χ2n) is 4.77. The van der Waals surface area contributed by atoms with Crippen molar-refractivity contribution in [1.29, 1.82) is 0 Å². The molecule has 4 nitrogen and oxygen atoms in total. The molecule has 0 aliphatic rings. The number of carbonyl (C=O) groups is 1. The minimum Gasteiger partial charge on any atom is -0.455 e. The van der Waals surface area contributed by atoms with Crippen LogP contribution in [0.15, 0.2) is 30.3 Å². The molecular formula is C13H18N2O2. The molecule has 1 aromatic carbocycles. The van der Waals surface area contributed by atoms with Gasteiger partial charge >= 0.3 is 5.97 Å². The molecule has 0 radical (unpaired) electrons. The van der Waals surface area contributed by atoms with Gasteiger partial charge in [0.2, 0.25) is 0 Å². The summed E-state index contributed by atoms with van der Waals surface area (Å²) in [6, 6.07) is 9.57. The molecule has 92 valence electrons. The van der Waals surface area contributed by atoms with Crippen LogP contribution in [0.2, 0.25) is 0 Å². The first-order valence-electron chi connectivity index (χ1n) is 5.27. The van der Waals surface area contributed by atoms with Gasteiger partial charge in [0, 0.05) is 10.9 Å². The smallest absolute Gasteiger partial charge is 0.355 e. The maximum absolute atomic E-state index is 11.8. The van der Waals surface area contributed by atoms with Crippen molar-refractivity contribution in [1.82, 2.24) is 11.1 Å². The van der Waals surface area contributed by atoms with Crippen LogP contribution in [0.3, 0.4) is 0 Å². The quantitative estimate of drug-likeness (QED) is 0.743. The van der Waals surface area contributed by atoms with E-state index in [1.54, 1.807) is 0 Å².